The third-order valence-corrected chi connectivity index (χ3v) is 2.56. The number of urea groups is 1. The summed E-state index contributed by atoms with van der Waals surface area (Å²) in [4.78, 5) is 26.2. The first kappa shape index (κ1) is 14.9. The topological polar surface area (TPSA) is 91.3 Å². The van der Waals surface area contributed by atoms with Crippen LogP contribution in [0.1, 0.15) is 42.2 Å². The van der Waals surface area contributed by atoms with Crippen LogP contribution < -0.4 is 10.6 Å². The van der Waals surface area contributed by atoms with Crippen LogP contribution in [0.25, 0.3) is 0 Å². The zero-order chi connectivity index (χ0) is 14.1. The molecule has 19 heavy (non-hydrogen) atoms. The van der Waals surface area contributed by atoms with Gasteiger partial charge < -0.3 is 15.7 Å². The molecule has 1 heterocycles. The van der Waals surface area contributed by atoms with Crippen molar-refractivity contribution in [3.05, 3.63) is 29.6 Å². The summed E-state index contributed by atoms with van der Waals surface area (Å²) >= 11 is 0. The Balaban J connectivity index is 2.33. The number of nitrogens with one attached hydrogen (secondary N) is 2. The predicted molar refractivity (Wildman–Crippen MR) is 71.0 cm³/mol. The lowest BCUT2D eigenvalue weighted by atomic mass is 10.2. The van der Waals surface area contributed by atoms with Crippen LogP contribution in [0.2, 0.25) is 0 Å². The molecule has 0 spiro atoms. The van der Waals surface area contributed by atoms with Crippen LogP contribution in [0.5, 0.6) is 0 Å². The van der Waals surface area contributed by atoms with Crippen LogP contribution in [0.3, 0.4) is 0 Å². The molecule has 1 rings (SSSR count). The van der Waals surface area contributed by atoms with Crippen molar-refractivity contribution in [2.75, 3.05) is 6.54 Å². The molecule has 0 fully saturated rings. The first-order valence-corrected chi connectivity index (χ1v) is 6.33. The number of carboxylic acids is 1. The highest BCUT2D eigenvalue weighted by atomic mass is 16.4. The number of rotatable bonds is 7. The maximum absolute atomic E-state index is 11.4. The number of carbonyl (C=O) groups is 2. The third-order valence-electron chi connectivity index (χ3n) is 2.56. The largest absolute Gasteiger partial charge is 0.478 e. The van der Waals surface area contributed by atoms with Crippen molar-refractivity contribution in [1.29, 1.82) is 0 Å². The number of unbranched alkanes of at least 4 members (excludes halogenated alkanes) is 2. The summed E-state index contributed by atoms with van der Waals surface area (Å²) in [5, 5.41) is 14.2. The minimum absolute atomic E-state index is 0.162. The monoisotopic (exact) mass is 265 g/mol. The Kier molecular flexibility index (Phi) is 6.35. The van der Waals surface area contributed by atoms with Crippen LogP contribution in [0, 0.1) is 0 Å². The Morgan fingerprint density at radius 1 is 1.32 bits per heavy atom. The fraction of sp³-hybridized carbons (Fsp3) is 0.462. The van der Waals surface area contributed by atoms with E-state index in [0.29, 0.717) is 12.2 Å². The quantitative estimate of drug-likeness (QED) is 0.655. The number of aromatic carboxylic acids is 1. The van der Waals surface area contributed by atoms with Crippen LogP contribution in [0.4, 0.5) is 4.79 Å². The Labute approximate surface area is 112 Å². The molecule has 0 aliphatic carbocycles. The second-order valence-corrected chi connectivity index (χ2v) is 4.16. The summed E-state index contributed by atoms with van der Waals surface area (Å²) in [6, 6.07) is 2.59. The van der Waals surface area contributed by atoms with E-state index in [0.717, 1.165) is 19.3 Å². The van der Waals surface area contributed by atoms with Gasteiger partial charge in [0.15, 0.2) is 0 Å². The Morgan fingerprint density at radius 3 is 2.79 bits per heavy atom. The van der Waals surface area contributed by atoms with Crippen molar-refractivity contribution in [2.45, 2.75) is 32.7 Å². The molecule has 3 N–H and O–H groups in total. The third kappa shape index (κ3) is 5.85. The summed E-state index contributed by atoms with van der Waals surface area (Å²) in [5.74, 6) is -1.01. The van der Waals surface area contributed by atoms with Gasteiger partial charge in [0.2, 0.25) is 0 Å². The standard InChI is InChI=1S/C13H19N3O3/c1-2-3-4-6-15-13(19)16-9-11-8-10(12(17)18)5-7-14-11/h5,7-8H,2-4,6,9H2,1H3,(H,17,18)(H2,15,16,19). The molecular formula is C13H19N3O3. The molecule has 0 atom stereocenters. The zero-order valence-corrected chi connectivity index (χ0v) is 11.0. The number of amides is 2. The van der Waals surface area contributed by atoms with Gasteiger partial charge in [0.05, 0.1) is 17.8 Å². The molecule has 104 valence electrons. The maximum Gasteiger partial charge on any atom is 0.335 e. The van der Waals surface area contributed by atoms with Crippen molar-refractivity contribution in [2.24, 2.45) is 0 Å². The van der Waals surface area contributed by atoms with E-state index in [1.165, 1.54) is 18.3 Å². The van der Waals surface area contributed by atoms with Gasteiger partial charge >= 0.3 is 12.0 Å². The van der Waals surface area contributed by atoms with Crippen molar-refractivity contribution < 1.29 is 14.7 Å². The number of nitrogens with zero attached hydrogens (tertiary/aromatic N) is 1. The van der Waals surface area contributed by atoms with E-state index >= 15 is 0 Å². The van der Waals surface area contributed by atoms with E-state index in [4.69, 9.17) is 5.11 Å². The van der Waals surface area contributed by atoms with E-state index in [2.05, 4.69) is 22.5 Å². The zero-order valence-electron chi connectivity index (χ0n) is 11.0. The van der Waals surface area contributed by atoms with Gasteiger partial charge in [0, 0.05) is 12.7 Å². The molecule has 2 amide bonds. The fourth-order valence-corrected chi connectivity index (χ4v) is 1.52. The average molecular weight is 265 g/mol. The molecular weight excluding hydrogens is 246 g/mol. The van der Waals surface area contributed by atoms with E-state index in [-0.39, 0.29) is 18.1 Å². The number of carbonyl (C=O) groups excluding carboxylic acids is 1. The Hall–Kier alpha value is -2.11. The molecule has 0 bridgehead atoms. The molecule has 0 radical (unpaired) electrons. The van der Waals surface area contributed by atoms with Gasteiger partial charge in [-0.2, -0.15) is 0 Å². The van der Waals surface area contributed by atoms with Crippen LogP contribution in [-0.2, 0) is 6.54 Å². The normalized spacial score (nSPS) is 9.95. The maximum atomic E-state index is 11.4. The van der Waals surface area contributed by atoms with Gasteiger partial charge in [-0.25, -0.2) is 9.59 Å². The molecule has 1 aromatic rings. The van der Waals surface area contributed by atoms with E-state index in [1.54, 1.807) is 0 Å². The highest BCUT2D eigenvalue weighted by Crippen LogP contribution is 2.01. The van der Waals surface area contributed by atoms with E-state index < -0.39 is 5.97 Å². The van der Waals surface area contributed by atoms with E-state index in [9.17, 15) is 9.59 Å². The summed E-state index contributed by atoms with van der Waals surface area (Å²) in [7, 11) is 0. The van der Waals surface area contributed by atoms with Gasteiger partial charge in [-0.1, -0.05) is 19.8 Å². The molecule has 0 aromatic carbocycles. The second kappa shape index (κ2) is 8.07. The molecule has 6 nitrogen and oxygen atoms in total. The number of hydrogen-bond acceptors (Lipinski definition) is 3. The highest BCUT2D eigenvalue weighted by Gasteiger charge is 2.05. The smallest absolute Gasteiger partial charge is 0.335 e. The molecule has 1 aromatic heterocycles. The first-order chi connectivity index (χ1) is 9.13. The number of carboxylic acid groups (broad SMARTS) is 1. The van der Waals surface area contributed by atoms with Crippen LogP contribution in [0.15, 0.2) is 18.3 Å². The van der Waals surface area contributed by atoms with Crippen LogP contribution >= 0.6 is 0 Å². The van der Waals surface area contributed by atoms with Crippen molar-refractivity contribution >= 4 is 12.0 Å². The van der Waals surface area contributed by atoms with Gasteiger partial charge in [-0.05, 0) is 18.6 Å². The van der Waals surface area contributed by atoms with Gasteiger partial charge in [-0.15, -0.1) is 0 Å². The lowest BCUT2D eigenvalue weighted by molar-refractivity contribution is 0.0696. The molecule has 0 unspecified atom stereocenters. The molecule has 6 heteroatoms. The molecule has 0 saturated heterocycles. The minimum atomic E-state index is -1.01. The van der Waals surface area contributed by atoms with Gasteiger partial charge in [0.1, 0.15) is 0 Å². The minimum Gasteiger partial charge on any atom is -0.478 e. The summed E-state index contributed by atoms with van der Waals surface area (Å²) in [5.41, 5.74) is 0.679. The van der Waals surface area contributed by atoms with Crippen molar-refractivity contribution in [3.63, 3.8) is 0 Å². The van der Waals surface area contributed by atoms with Crippen molar-refractivity contribution in [1.82, 2.24) is 15.6 Å². The van der Waals surface area contributed by atoms with Gasteiger partial charge in [-0.3, -0.25) is 4.98 Å². The summed E-state index contributed by atoms with van der Waals surface area (Å²) in [6.07, 6.45) is 4.56. The summed E-state index contributed by atoms with van der Waals surface area (Å²) in [6.45, 7) is 2.95. The molecule has 0 aliphatic heterocycles. The second-order valence-electron chi connectivity index (χ2n) is 4.16. The lowest BCUT2D eigenvalue weighted by Crippen LogP contribution is -2.35. The average Bonchev–Trinajstić information content (AvgIpc) is 2.41. The predicted octanol–water partition coefficient (Wildman–Crippen LogP) is 1.77. The highest BCUT2D eigenvalue weighted by molar-refractivity contribution is 5.87. The number of pyridine rings is 1. The lowest BCUT2D eigenvalue weighted by Gasteiger charge is -2.07. The van der Waals surface area contributed by atoms with E-state index in [1.807, 2.05) is 0 Å². The molecule has 0 saturated carbocycles. The summed E-state index contributed by atoms with van der Waals surface area (Å²) < 4.78 is 0. The Morgan fingerprint density at radius 2 is 2.11 bits per heavy atom. The first-order valence-electron chi connectivity index (χ1n) is 6.33. The number of hydrogen-bond donors (Lipinski definition) is 3. The Bertz CT molecular complexity index is 435. The van der Waals surface area contributed by atoms with Gasteiger partial charge in [0.25, 0.3) is 0 Å². The number of aromatic nitrogens is 1. The molecule has 0 aliphatic rings. The van der Waals surface area contributed by atoms with Crippen molar-refractivity contribution in [3.8, 4) is 0 Å². The SMILES string of the molecule is CCCCCNC(=O)NCc1cc(C(=O)O)ccn1. The fourth-order valence-electron chi connectivity index (χ4n) is 1.52. The van der Waals surface area contributed by atoms with Crippen LogP contribution in [-0.4, -0.2) is 28.6 Å².